The third kappa shape index (κ3) is 116. The average Bonchev–Trinajstić information content (AvgIpc) is 0. The molecule has 8 heavy (non-hydrogen) atoms. The first kappa shape index (κ1) is 246. The zero-order valence-electron chi connectivity index (χ0n) is 2.45. The summed E-state index contributed by atoms with van der Waals surface area (Å²) in [6, 6.07) is 0. The van der Waals surface area contributed by atoms with Gasteiger partial charge in [-0.3, -0.25) is 0 Å². The van der Waals surface area contributed by atoms with Gasteiger partial charge in [-0.15, -0.1) is 74.4 Å². The summed E-state index contributed by atoms with van der Waals surface area (Å²) in [5.74, 6) is 0. The minimum atomic E-state index is 0. The van der Waals surface area contributed by atoms with Gasteiger partial charge in [0.05, 0.1) is 0 Å². The highest BCUT2D eigenvalue weighted by molar-refractivity contribution is 5.86. The lowest BCUT2D eigenvalue weighted by molar-refractivity contribution is 2.50. The molecule has 0 nitrogen and oxygen atoms in total. The zero-order chi connectivity index (χ0) is 0. The Hall–Kier alpha value is 1.74. The molecule has 0 heterocycles. The summed E-state index contributed by atoms with van der Waals surface area (Å²) in [6.45, 7) is 0. The molecule has 0 aliphatic carbocycles. The van der Waals surface area contributed by atoms with E-state index in [1.807, 2.05) is 0 Å². The molecular weight excluding hydrogens is 237 g/mol. The second-order valence-corrected chi connectivity index (χ2v) is 0. The molecule has 6 heteroatoms. The molecule has 0 atom stereocenters. The van der Waals surface area contributed by atoms with E-state index in [2.05, 4.69) is 0 Å². The highest BCUT2D eigenvalue weighted by atomic mass is 35.5. The minimum Gasteiger partial charge on any atom is -0.147 e. The Balaban J connectivity index is 0. The topological polar surface area (TPSA) is 0 Å². The van der Waals surface area contributed by atoms with Crippen molar-refractivity contribution in [3.05, 3.63) is 0 Å². The summed E-state index contributed by atoms with van der Waals surface area (Å²) in [5, 5.41) is 0. The van der Waals surface area contributed by atoms with Crippen LogP contribution in [0.5, 0.6) is 0 Å². The van der Waals surface area contributed by atoms with Gasteiger partial charge in [0.15, 0.2) is 0 Å². The maximum Gasteiger partial charge on any atom is -0.0776 e. The van der Waals surface area contributed by atoms with Crippen molar-refractivity contribution >= 4 is 74.4 Å². The summed E-state index contributed by atoms with van der Waals surface area (Å²) in [7, 11) is 0. The molecule has 0 aliphatic rings. The molecule has 0 spiro atoms. The third-order valence-electron chi connectivity index (χ3n) is 0. The maximum atomic E-state index is 0. The molecule has 0 N–H and O–H groups in total. The predicted molar refractivity (Wildman–Crippen MR) is 57.0 cm³/mol. The van der Waals surface area contributed by atoms with Crippen molar-refractivity contribution in [2.75, 3.05) is 0 Å². The van der Waals surface area contributed by atoms with Crippen molar-refractivity contribution in [1.29, 1.82) is 0 Å². The minimum absolute atomic E-state index is 0. The van der Waals surface area contributed by atoms with Crippen molar-refractivity contribution in [2.24, 2.45) is 0 Å². The molecule has 0 aliphatic heterocycles. The Morgan fingerprint density at radius 3 is 0.250 bits per heavy atom. The van der Waals surface area contributed by atoms with Crippen molar-refractivity contribution in [1.82, 2.24) is 0 Å². The first-order valence-electron chi connectivity index (χ1n) is 0. The summed E-state index contributed by atoms with van der Waals surface area (Å²) in [6.07, 6.45) is 0. The second-order valence-electron chi connectivity index (χ2n) is 0. The molecule has 0 radical (unpaired) electrons. The van der Waals surface area contributed by atoms with E-state index in [4.69, 9.17) is 0 Å². The first-order chi connectivity index (χ1) is 0. The lowest BCUT2D eigenvalue weighted by Gasteiger charge is -0.148. The van der Waals surface area contributed by atoms with Crippen molar-refractivity contribution in [3.8, 4) is 0 Å². The Morgan fingerprint density at radius 1 is 0.250 bits per heavy atom. The molecule has 0 saturated heterocycles. The van der Waals surface area contributed by atoms with Gasteiger partial charge in [-0.1, -0.05) is 14.9 Å². The summed E-state index contributed by atoms with van der Waals surface area (Å²) in [5.41, 5.74) is 0. The lowest BCUT2D eigenvalue weighted by Crippen LogP contribution is 0.143. The average molecular weight is 251 g/mol. The van der Waals surface area contributed by atoms with Crippen LogP contribution < -0.4 is 0 Å². The van der Waals surface area contributed by atoms with Crippen LogP contribution in [0.3, 0.4) is 0 Å². The standard InChI is InChI=1S/2CH4.6ClH/h2*1H4;6*1H. The lowest BCUT2D eigenvalue weighted by atomic mass is 12.0. The summed E-state index contributed by atoms with van der Waals surface area (Å²) < 4.78 is 0. The molecule has 0 rings (SSSR count). The van der Waals surface area contributed by atoms with Gasteiger partial charge in [-0.25, -0.2) is 0 Å². The molecule has 0 amide bonds. The summed E-state index contributed by atoms with van der Waals surface area (Å²) >= 11 is 0. The van der Waals surface area contributed by atoms with Crippen LogP contribution in [0.15, 0.2) is 0 Å². The van der Waals surface area contributed by atoms with E-state index in [0.29, 0.717) is 0 Å². The van der Waals surface area contributed by atoms with Gasteiger partial charge < -0.3 is 0 Å². The maximum absolute atomic E-state index is 0. The molecule has 0 unspecified atom stereocenters. The first-order valence-corrected chi connectivity index (χ1v) is 0. The van der Waals surface area contributed by atoms with E-state index in [1.54, 1.807) is 0 Å². The van der Waals surface area contributed by atoms with E-state index in [1.165, 1.54) is 0 Å². The normalized spacial score (nSPS) is 0. The quantitative estimate of drug-likeness (QED) is 0.614. The van der Waals surface area contributed by atoms with Gasteiger partial charge in [-0.2, -0.15) is 0 Å². The molecule has 0 aromatic rings. The van der Waals surface area contributed by atoms with Crippen LogP contribution in [-0.2, 0) is 0 Å². The molecule has 64 valence electrons. The van der Waals surface area contributed by atoms with Crippen LogP contribution in [0, 0.1) is 0 Å². The highest BCUT2D eigenvalue weighted by Gasteiger charge is -0.0764. The van der Waals surface area contributed by atoms with Crippen LogP contribution >= 0.6 is 74.4 Å². The van der Waals surface area contributed by atoms with Gasteiger partial charge in [0, 0.05) is 0 Å². The monoisotopic (exact) mass is 248 g/mol. The van der Waals surface area contributed by atoms with Crippen LogP contribution in [0.1, 0.15) is 14.9 Å². The fourth-order valence-corrected chi connectivity index (χ4v) is 0. The van der Waals surface area contributed by atoms with Crippen molar-refractivity contribution in [3.63, 3.8) is 0 Å². The number of hydrogen-bond acceptors (Lipinski definition) is 0. The highest BCUT2D eigenvalue weighted by Crippen LogP contribution is 0.695. The largest absolute Gasteiger partial charge is 0.147 e. The molecule has 0 aromatic carbocycles. The van der Waals surface area contributed by atoms with Crippen LogP contribution in [0.25, 0.3) is 0 Å². The van der Waals surface area contributed by atoms with Gasteiger partial charge in [0.2, 0.25) is 0 Å². The third-order valence-corrected chi connectivity index (χ3v) is 0. The Morgan fingerprint density at radius 2 is 0.250 bits per heavy atom. The smallest absolute Gasteiger partial charge is 0.0776 e. The number of halogens is 6. The van der Waals surface area contributed by atoms with Crippen LogP contribution in [0.4, 0.5) is 0 Å². The fourth-order valence-electron chi connectivity index (χ4n) is 0. The van der Waals surface area contributed by atoms with Crippen LogP contribution in [-0.4, -0.2) is 0 Å². The molecule has 0 aromatic heterocycles. The SMILES string of the molecule is C.C.Cl.Cl.Cl.Cl.Cl.Cl. The number of rotatable bonds is 0. The Labute approximate surface area is 89.0 Å². The molecule has 0 fully saturated rings. The molecule has 0 saturated carbocycles. The van der Waals surface area contributed by atoms with Crippen molar-refractivity contribution < 1.29 is 0 Å². The van der Waals surface area contributed by atoms with Gasteiger partial charge in [0.1, 0.15) is 0 Å². The number of hydrogen-bond donors (Lipinski definition) is 0. The van der Waals surface area contributed by atoms with Gasteiger partial charge in [-0.05, 0) is 0 Å². The Bertz CT molecular complexity index is 6.49. The molecular formula is C2H14Cl6. The van der Waals surface area contributed by atoms with Gasteiger partial charge in [0.25, 0.3) is 0 Å². The second kappa shape index (κ2) is 173. The van der Waals surface area contributed by atoms with Crippen molar-refractivity contribution in [2.45, 2.75) is 14.9 Å². The fraction of sp³-hybridized carbons (Fsp3) is 1.00. The van der Waals surface area contributed by atoms with E-state index in [9.17, 15) is 0 Å². The zero-order valence-corrected chi connectivity index (χ0v) is 7.35. The Kier molecular flexibility index (Phi) is 5310. The van der Waals surface area contributed by atoms with Gasteiger partial charge >= 0.3 is 0 Å². The summed E-state index contributed by atoms with van der Waals surface area (Å²) in [4.78, 5) is 0. The van der Waals surface area contributed by atoms with E-state index in [-0.39, 0.29) is 89.3 Å². The van der Waals surface area contributed by atoms with E-state index in [0.717, 1.165) is 0 Å². The molecule has 0 bridgehead atoms. The van der Waals surface area contributed by atoms with Crippen LogP contribution in [0.2, 0.25) is 0 Å². The predicted octanol–water partition coefficient (Wildman–Crippen LogP) is 3.80. The van der Waals surface area contributed by atoms with E-state index >= 15 is 0 Å². The van der Waals surface area contributed by atoms with E-state index < -0.39 is 0 Å².